The largest absolute Gasteiger partial charge is 0.401 e. The molecule has 1 aliphatic heterocycles. The van der Waals surface area contributed by atoms with Crippen LogP contribution in [0.15, 0.2) is 89.7 Å². The number of halogens is 2. The smallest absolute Gasteiger partial charge is 0.127 e. The third-order valence-corrected chi connectivity index (χ3v) is 12.2. The molecule has 0 bridgehead atoms. The number of amidine groups is 1. The number of rotatable bonds is 34. The maximum atomic E-state index is 6.55. The van der Waals surface area contributed by atoms with Crippen LogP contribution in [-0.4, -0.2) is 162 Å². The Labute approximate surface area is 401 Å². The third-order valence-electron chi connectivity index (χ3n) is 11.7. The zero-order valence-electron chi connectivity index (χ0n) is 39.7. The van der Waals surface area contributed by atoms with E-state index in [1.807, 2.05) is 42.5 Å². The van der Waals surface area contributed by atoms with E-state index >= 15 is 0 Å². The second kappa shape index (κ2) is 32.3. The first-order valence-corrected chi connectivity index (χ1v) is 24.6. The summed E-state index contributed by atoms with van der Waals surface area (Å²) in [6, 6.07) is 24.7. The molecule has 0 aliphatic carbocycles. The molecular formula is C50H80Cl2N10O3. The summed E-state index contributed by atoms with van der Waals surface area (Å²) in [6.07, 6.45) is 8.22. The van der Waals surface area contributed by atoms with Crippen LogP contribution in [0.1, 0.15) is 75.1 Å². The van der Waals surface area contributed by atoms with Gasteiger partial charge in [0.2, 0.25) is 0 Å². The van der Waals surface area contributed by atoms with Gasteiger partial charge in [-0.2, -0.15) is 0 Å². The van der Waals surface area contributed by atoms with E-state index in [0.29, 0.717) is 52.0 Å². The van der Waals surface area contributed by atoms with E-state index < -0.39 is 0 Å². The van der Waals surface area contributed by atoms with E-state index in [9.17, 15) is 0 Å². The number of piperazine rings is 1. The van der Waals surface area contributed by atoms with Crippen molar-refractivity contribution in [1.82, 2.24) is 24.6 Å². The number of benzene rings is 3. The average Bonchev–Trinajstić information content (AvgIpc) is 3.31. The molecule has 3 aromatic rings. The number of aliphatic imine (C=N–C) groups is 1. The van der Waals surface area contributed by atoms with Crippen LogP contribution >= 0.6 is 23.2 Å². The molecule has 1 heterocycles. The molecule has 4 rings (SSSR count). The van der Waals surface area contributed by atoms with Crippen molar-refractivity contribution in [3.05, 3.63) is 111 Å². The minimum Gasteiger partial charge on any atom is -0.401 e. The molecule has 1 saturated heterocycles. The van der Waals surface area contributed by atoms with E-state index in [-0.39, 0.29) is 6.04 Å². The second-order valence-corrected chi connectivity index (χ2v) is 17.7. The maximum absolute atomic E-state index is 6.55. The Morgan fingerprint density at radius 1 is 0.738 bits per heavy atom. The number of unbranched alkanes of at least 4 members (excludes halogenated alkanes) is 2. The van der Waals surface area contributed by atoms with Crippen molar-refractivity contribution in [2.75, 3.05) is 137 Å². The van der Waals surface area contributed by atoms with Gasteiger partial charge in [-0.3, -0.25) is 14.8 Å². The van der Waals surface area contributed by atoms with Crippen molar-refractivity contribution in [3.8, 4) is 0 Å². The van der Waals surface area contributed by atoms with Crippen molar-refractivity contribution in [1.29, 1.82) is 0 Å². The first-order valence-electron chi connectivity index (χ1n) is 23.9. The molecule has 0 aromatic heterocycles. The molecule has 0 unspecified atom stereocenters. The summed E-state index contributed by atoms with van der Waals surface area (Å²) in [7, 11) is 2.13. The zero-order chi connectivity index (χ0) is 46.5. The Bertz CT molecular complexity index is 1720. The van der Waals surface area contributed by atoms with Crippen LogP contribution in [0.3, 0.4) is 0 Å². The van der Waals surface area contributed by atoms with Gasteiger partial charge >= 0.3 is 0 Å². The van der Waals surface area contributed by atoms with Gasteiger partial charge in [0.1, 0.15) is 5.84 Å². The summed E-state index contributed by atoms with van der Waals surface area (Å²) >= 11 is 12.5. The number of likely N-dealkylation sites (N-methyl/N-ethyl adjacent to an activating group) is 1. The van der Waals surface area contributed by atoms with E-state index in [0.717, 1.165) is 125 Å². The lowest BCUT2D eigenvalue weighted by molar-refractivity contribution is 0.00868. The van der Waals surface area contributed by atoms with Crippen LogP contribution in [0, 0.1) is 0 Å². The highest BCUT2D eigenvalue weighted by molar-refractivity contribution is 6.30. The molecule has 1 fully saturated rings. The number of nitrogens with one attached hydrogen (secondary N) is 1. The van der Waals surface area contributed by atoms with Crippen LogP contribution in [0.2, 0.25) is 10.0 Å². The molecule has 362 valence electrons. The summed E-state index contributed by atoms with van der Waals surface area (Å²) in [4.78, 5) is 14.6. The number of ether oxygens (including phenoxy) is 3. The summed E-state index contributed by atoms with van der Waals surface area (Å²) in [5.74, 6) is 6.70. The molecule has 7 N–H and O–H groups in total. The van der Waals surface area contributed by atoms with Crippen molar-refractivity contribution < 1.29 is 14.2 Å². The zero-order valence-corrected chi connectivity index (χ0v) is 41.2. The fourth-order valence-electron chi connectivity index (χ4n) is 7.91. The monoisotopic (exact) mass is 939 g/mol. The molecule has 3 aromatic carbocycles. The van der Waals surface area contributed by atoms with Gasteiger partial charge in [0.15, 0.2) is 0 Å². The summed E-state index contributed by atoms with van der Waals surface area (Å²) < 4.78 is 17.1. The fraction of sp³-hybridized carbons (Fsp3) is 0.580. The number of nitrogens with zero attached hydrogens (tertiary/aromatic N) is 6. The highest BCUT2D eigenvalue weighted by Gasteiger charge is 2.26. The number of allylic oxidation sites excluding steroid dienone is 1. The van der Waals surface area contributed by atoms with Crippen molar-refractivity contribution in [2.24, 2.45) is 22.3 Å². The number of hydrogen-bond donors (Lipinski definition) is 4. The molecular weight excluding hydrogens is 860 g/mol. The Kier molecular flexibility index (Phi) is 26.9. The first kappa shape index (κ1) is 54.1. The van der Waals surface area contributed by atoms with E-state index in [4.69, 9.17) is 59.7 Å². The number of para-hydroxylation sites is 1. The number of hydrazine groups is 1. The first-order chi connectivity index (χ1) is 31.7. The van der Waals surface area contributed by atoms with Crippen LogP contribution in [0.5, 0.6) is 0 Å². The van der Waals surface area contributed by atoms with Gasteiger partial charge in [-0.15, -0.1) is 0 Å². The lowest BCUT2D eigenvalue weighted by atomic mass is 9.96. The molecule has 0 amide bonds. The summed E-state index contributed by atoms with van der Waals surface area (Å²) in [5, 5.41) is 6.72. The Morgan fingerprint density at radius 3 is 1.97 bits per heavy atom. The maximum Gasteiger partial charge on any atom is 0.127 e. The van der Waals surface area contributed by atoms with Gasteiger partial charge in [-0.25, -0.2) is 5.84 Å². The van der Waals surface area contributed by atoms with Crippen molar-refractivity contribution >= 4 is 34.7 Å². The van der Waals surface area contributed by atoms with Gasteiger partial charge in [0.05, 0.1) is 52.2 Å². The van der Waals surface area contributed by atoms with Crippen LogP contribution in [-0.2, 0) is 14.2 Å². The molecule has 0 radical (unpaired) electrons. The highest BCUT2D eigenvalue weighted by Crippen LogP contribution is 2.31. The minimum atomic E-state index is 0.146. The van der Waals surface area contributed by atoms with Gasteiger partial charge in [-0.1, -0.05) is 86.3 Å². The summed E-state index contributed by atoms with van der Waals surface area (Å²) in [6.45, 7) is 19.8. The molecule has 0 spiro atoms. The molecule has 0 saturated carbocycles. The Morgan fingerprint density at radius 2 is 1.34 bits per heavy atom. The number of hydrogen-bond acceptors (Lipinski definition) is 12. The van der Waals surface area contributed by atoms with E-state index in [2.05, 4.69) is 76.1 Å². The van der Waals surface area contributed by atoms with E-state index in [1.54, 1.807) is 11.2 Å². The van der Waals surface area contributed by atoms with Crippen LogP contribution in [0.25, 0.3) is 0 Å². The van der Waals surface area contributed by atoms with Gasteiger partial charge in [0, 0.05) is 85.6 Å². The SMILES string of the molecule is CCCCCN(CC)CCOCCOCCOCCN(N)/C=C(\N)CCCN(C)CCCN=C(N)c1ccccc1NCCN1CCN(C(c2ccc(Cl)cc2)c2ccc(Cl)cc2)CC1. The van der Waals surface area contributed by atoms with Crippen LogP contribution in [0.4, 0.5) is 5.69 Å². The standard InChI is InChI=1S/C50H80Cl2N10O3/c1-4-6-9-27-59(5-2)33-35-63-37-39-65-40-38-64-36-34-62(55)41-46(53)12-10-25-58(3)26-11-23-57-50(54)47-13-7-8-14-48(47)56-24-28-60-29-31-61(32-30-60)49(42-15-19-44(51)20-16-42)43-17-21-45(52)22-18-43/h7-8,13-22,41,49,56H,4-6,9-12,23-40,53,55H2,1-3H3,(H2,54,57)/b46-41-. The molecule has 0 atom stereocenters. The second-order valence-electron chi connectivity index (χ2n) is 16.8. The third kappa shape index (κ3) is 21.8. The topological polar surface area (TPSA) is 146 Å². The minimum absolute atomic E-state index is 0.146. The fourth-order valence-corrected chi connectivity index (χ4v) is 8.16. The Hall–Kier alpha value is -3.47. The van der Waals surface area contributed by atoms with E-state index in [1.165, 1.54) is 30.4 Å². The Balaban J connectivity index is 1.04. The average molecular weight is 940 g/mol. The van der Waals surface area contributed by atoms with Gasteiger partial charge in [0.25, 0.3) is 0 Å². The van der Waals surface area contributed by atoms with Crippen molar-refractivity contribution in [3.63, 3.8) is 0 Å². The quantitative estimate of drug-likeness (QED) is 0.0159. The van der Waals surface area contributed by atoms with Crippen LogP contribution < -0.4 is 22.6 Å². The molecule has 1 aliphatic rings. The predicted molar refractivity (Wildman–Crippen MR) is 272 cm³/mol. The van der Waals surface area contributed by atoms with Gasteiger partial charge < -0.3 is 45.8 Å². The highest BCUT2D eigenvalue weighted by atomic mass is 35.5. The normalized spacial score (nSPS) is 14.3. The lowest BCUT2D eigenvalue weighted by Crippen LogP contribution is -2.48. The van der Waals surface area contributed by atoms with Crippen molar-refractivity contribution in [2.45, 2.75) is 58.4 Å². The molecule has 13 nitrogen and oxygen atoms in total. The predicted octanol–water partition coefficient (Wildman–Crippen LogP) is 7.16. The molecule has 65 heavy (non-hydrogen) atoms. The number of anilines is 1. The number of nitrogens with two attached hydrogens (primary N) is 3. The lowest BCUT2D eigenvalue weighted by Gasteiger charge is -2.40. The van der Waals surface area contributed by atoms with Gasteiger partial charge in [-0.05, 0) is 106 Å². The molecule has 15 heteroatoms. The summed E-state index contributed by atoms with van der Waals surface area (Å²) in [5.41, 5.74) is 18.0.